The van der Waals surface area contributed by atoms with Crippen LogP contribution in [0.2, 0.25) is 0 Å². The first kappa shape index (κ1) is 16.4. The van der Waals surface area contributed by atoms with Gasteiger partial charge in [-0.05, 0) is 24.6 Å². The Morgan fingerprint density at radius 1 is 1.22 bits per heavy atom. The molecule has 6 nitrogen and oxygen atoms in total. The Hall–Kier alpha value is -3.02. The number of hydrogen-bond acceptors (Lipinski definition) is 4. The molecule has 0 unspecified atom stereocenters. The number of oxime groups is 1. The predicted molar refractivity (Wildman–Crippen MR) is 89.5 cm³/mol. The van der Waals surface area contributed by atoms with Gasteiger partial charge in [0.2, 0.25) is 0 Å². The van der Waals surface area contributed by atoms with Gasteiger partial charge in [-0.3, -0.25) is 4.79 Å². The Morgan fingerprint density at radius 3 is 2.65 bits per heavy atom. The molecule has 1 amide bonds. The number of ether oxygens (including phenoxy) is 1. The fourth-order valence-electron chi connectivity index (χ4n) is 1.93. The number of carbonyl (C=O) groups is 1. The molecule has 23 heavy (non-hydrogen) atoms. The van der Waals surface area contributed by atoms with Crippen molar-refractivity contribution in [1.29, 1.82) is 0 Å². The molecule has 120 valence electrons. The van der Waals surface area contributed by atoms with Crippen molar-refractivity contribution >= 4 is 17.4 Å². The zero-order valence-corrected chi connectivity index (χ0v) is 13.1. The van der Waals surface area contributed by atoms with Crippen LogP contribution < -0.4 is 15.8 Å². The lowest BCUT2D eigenvalue weighted by Gasteiger charge is -2.10. The van der Waals surface area contributed by atoms with E-state index in [0.717, 1.165) is 11.1 Å². The molecule has 0 saturated heterocycles. The number of aryl methyl sites for hydroxylation is 1. The Labute approximate surface area is 134 Å². The first-order valence-electron chi connectivity index (χ1n) is 7.05. The average molecular weight is 313 g/mol. The van der Waals surface area contributed by atoms with Gasteiger partial charge in [-0.1, -0.05) is 41.6 Å². The number of methoxy groups -OCH3 is 1. The molecule has 0 atom stereocenters. The highest BCUT2D eigenvalue weighted by Crippen LogP contribution is 2.24. The number of hydrogen-bond donors (Lipinski definition) is 2. The number of amidine groups is 1. The molecule has 0 aliphatic heterocycles. The minimum Gasteiger partial charge on any atom is -0.495 e. The van der Waals surface area contributed by atoms with Crippen LogP contribution in [0.15, 0.2) is 53.7 Å². The third-order valence-electron chi connectivity index (χ3n) is 3.06. The van der Waals surface area contributed by atoms with Crippen LogP contribution in [0, 0.1) is 6.92 Å². The molecule has 0 saturated carbocycles. The van der Waals surface area contributed by atoms with Gasteiger partial charge in [0.1, 0.15) is 5.75 Å². The highest BCUT2D eigenvalue weighted by Gasteiger charge is 2.08. The number of carbonyl (C=O) groups excluding carboxylic acids is 1. The van der Waals surface area contributed by atoms with E-state index in [-0.39, 0.29) is 18.3 Å². The van der Waals surface area contributed by atoms with Crippen molar-refractivity contribution in [2.45, 2.75) is 6.92 Å². The van der Waals surface area contributed by atoms with Crippen LogP contribution in [0.3, 0.4) is 0 Å². The van der Waals surface area contributed by atoms with Crippen LogP contribution in [0.1, 0.15) is 11.1 Å². The second-order valence-electron chi connectivity index (χ2n) is 4.87. The van der Waals surface area contributed by atoms with Crippen LogP contribution >= 0.6 is 0 Å². The Bertz CT molecular complexity index is 699. The van der Waals surface area contributed by atoms with Crippen LogP contribution in [0.25, 0.3) is 0 Å². The fourth-order valence-corrected chi connectivity index (χ4v) is 1.93. The molecule has 0 spiro atoms. The molecule has 2 rings (SSSR count). The van der Waals surface area contributed by atoms with E-state index >= 15 is 0 Å². The lowest BCUT2D eigenvalue weighted by molar-refractivity contribution is -0.120. The van der Waals surface area contributed by atoms with E-state index in [1.807, 2.05) is 37.3 Å². The second kappa shape index (κ2) is 7.84. The maximum atomic E-state index is 11.9. The van der Waals surface area contributed by atoms with Gasteiger partial charge in [0.05, 0.1) is 12.8 Å². The number of nitrogens with one attached hydrogen (secondary N) is 1. The number of anilines is 1. The topological polar surface area (TPSA) is 85.9 Å². The SMILES string of the molecule is COc1ccc(C)cc1NC(=O)CO/N=C(/N)c1ccccc1. The summed E-state index contributed by atoms with van der Waals surface area (Å²) in [5.41, 5.74) is 8.09. The van der Waals surface area contributed by atoms with Crippen molar-refractivity contribution in [3.05, 3.63) is 59.7 Å². The zero-order valence-electron chi connectivity index (χ0n) is 13.1. The number of amides is 1. The van der Waals surface area contributed by atoms with Gasteiger partial charge in [0, 0.05) is 5.56 Å². The summed E-state index contributed by atoms with van der Waals surface area (Å²) in [5, 5.41) is 6.46. The van der Waals surface area contributed by atoms with Gasteiger partial charge in [0.25, 0.3) is 5.91 Å². The van der Waals surface area contributed by atoms with Gasteiger partial charge in [0.15, 0.2) is 12.4 Å². The lowest BCUT2D eigenvalue weighted by Crippen LogP contribution is -2.19. The lowest BCUT2D eigenvalue weighted by atomic mass is 10.2. The monoisotopic (exact) mass is 313 g/mol. The summed E-state index contributed by atoms with van der Waals surface area (Å²) in [5.74, 6) is 0.446. The molecule has 2 aromatic rings. The van der Waals surface area contributed by atoms with Crippen LogP contribution in [0.5, 0.6) is 5.75 Å². The number of nitrogens with zero attached hydrogens (tertiary/aromatic N) is 1. The van der Waals surface area contributed by atoms with Crippen molar-refractivity contribution in [1.82, 2.24) is 0 Å². The predicted octanol–water partition coefficient (Wildman–Crippen LogP) is 2.28. The molecule has 0 heterocycles. The summed E-state index contributed by atoms with van der Waals surface area (Å²) in [7, 11) is 1.54. The molecular formula is C17H19N3O3. The van der Waals surface area contributed by atoms with Gasteiger partial charge in [-0.15, -0.1) is 0 Å². The number of nitrogens with two attached hydrogens (primary N) is 1. The highest BCUT2D eigenvalue weighted by atomic mass is 16.6. The zero-order chi connectivity index (χ0) is 16.7. The molecule has 0 fully saturated rings. The van der Waals surface area contributed by atoms with Crippen molar-refractivity contribution in [3.8, 4) is 5.75 Å². The summed E-state index contributed by atoms with van der Waals surface area (Å²) in [6, 6.07) is 14.7. The molecule has 6 heteroatoms. The maximum absolute atomic E-state index is 11.9. The van der Waals surface area contributed by atoms with E-state index in [9.17, 15) is 4.79 Å². The Morgan fingerprint density at radius 2 is 1.96 bits per heavy atom. The van der Waals surface area contributed by atoms with Crippen LogP contribution in [0.4, 0.5) is 5.69 Å². The molecule has 0 aliphatic carbocycles. The third-order valence-corrected chi connectivity index (χ3v) is 3.06. The maximum Gasteiger partial charge on any atom is 0.265 e. The molecule has 0 aliphatic rings. The molecule has 0 radical (unpaired) electrons. The summed E-state index contributed by atoms with van der Waals surface area (Å²) in [4.78, 5) is 16.9. The van der Waals surface area contributed by atoms with E-state index < -0.39 is 0 Å². The molecule has 0 bridgehead atoms. The van der Waals surface area contributed by atoms with Crippen LogP contribution in [-0.2, 0) is 9.63 Å². The fraction of sp³-hybridized carbons (Fsp3) is 0.176. The van der Waals surface area contributed by atoms with Gasteiger partial charge in [-0.25, -0.2) is 0 Å². The number of rotatable bonds is 6. The largest absolute Gasteiger partial charge is 0.495 e. The quantitative estimate of drug-likeness (QED) is 0.487. The summed E-state index contributed by atoms with van der Waals surface area (Å²) >= 11 is 0. The van der Waals surface area contributed by atoms with Crippen LogP contribution in [-0.4, -0.2) is 25.5 Å². The summed E-state index contributed by atoms with van der Waals surface area (Å²) < 4.78 is 5.20. The van der Waals surface area contributed by atoms with Crippen molar-refractivity contribution in [2.75, 3.05) is 19.0 Å². The summed E-state index contributed by atoms with van der Waals surface area (Å²) in [6.07, 6.45) is 0. The van der Waals surface area contributed by atoms with E-state index in [1.165, 1.54) is 0 Å². The van der Waals surface area contributed by atoms with E-state index in [1.54, 1.807) is 25.3 Å². The molecule has 0 aromatic heterocycles. The van der Waals surface area contributed by atoms with E-state index in [2.05, 4.69) is 10.5 Å². The second-order valence-corrected chi connectivity index (χ2v) is 4.87. The van der Waals surface area contributed by atoms with Gasteiger partial charge < -0.3 is 20.6 Å². The first-order chi connectivity index (χ1) is 11.1. The first-order valence-corrected chi connectivity index (χ1v) is 7.05. The van der Waals surface area contributed by atoms with Crippen molar-refractivity contribution < 1.29 is 14.4 Å². The minimum absolute atomic E-state index is 0.214. The normalized spacial score (nSPS) is 11.0. The molecular weight excluding hydrogens is 294 g/mol. The van der Waals surface area contributed by atoms with E-state index in [4.69, 9.17) is 15.3 Å². The Balaban J connectivity index is 1.92. The molecule has 3 N–H and O–H groups in total. The third kappa shape index (κ3) is 4.74. The minimum atomic E-state index is -0.349. The smallest absolute Gasteiger partial charge is 0.265 e. The van der Waals surface area contributed by atoms with Crippen molar-refractivity contribution in [3.63, 3.8) is 0 Å². The standard InChI is InChI=1S/C17H19N3O3/c1-12-8-9-15(22-2)14(10-12)19-16(21)11-23-20-17(18)13-6-4-3-5-7-13/h3-10H,11H2,1-2H3,(H2,18,20)(H,19,21). The summed E-state index contributed by atoms with van der Waals surface area (Å²) in [6.45, 7) is 1.68. The highest BCUT2D eigenvalue weighted by molar-refractivity contribution is 5.97. The van der Waals surface area contributed by atoms with Gasteiger partial charge >= 0.3 is 0 Å². The van der Waals surface area contributed by atoms with Crippen molar-refractivity contribution in [2.24, 2.45) is 10.9 Å². The van der Waals surface area contributed by atoms with Gasteiger partial charge in [-0.2, -0.15) is 0 Å². The molecule has 2 aromatic carbocycles. The van der Waals surface area contributed by atoms with E-state index in [0.29, 0.717) is 11.4 Å². The average Bonchev–Trinajstić information content (AvgIpc) is 2.56. The number of benzene rings is 2. The Kier molecular flexibility index (Phi) is 5.57.